The maximum absolute atomic E-state index is 6.22. The van der Waals surface area contributed by atoms with Crippen LogP contribution < -0.4 is 10.1 Å². The SMILES string of the molecule is CNC1C(Oc2ccc(C)cc2Cl)CCC1(C)C. The van der Waals surface area contributed by atoms with Crippen molar-refractivity contribution >= 4 is 11.6 Å². The molecule has 2 rings (SSSR count). The van der Waals surface area contributed by atoms with E-state index < -0.39 is 0 Å². The number of ether oxygens (including phenoxy) is 1. The Morgan fingerprint density at radius 2 is 2.11 bits per heavy atom. The Kier molecular flexibility index (Phi) is 3.88. The van der Waals surface area contributed by atoms with Gasteiger partial charge in [0.1, 0.15) is 11.9 Å². The maximum Gasteiger partial charge on any atom is 0.138 e. The van der Waals surface area contributed by atoms with Gasteiger partial charge in [-0.25, -0.2) is 0 Å². The summed E-state index contributed by atoms with van der Waals surface area (Å²) in [6.07, 6.45) is 2.44. The standard InChI is InChI=1S/C15H22ClNO/c1-10-5-6-12(11(16)9-10)18-13-7-8-15(2,3)14(13)17-4/h5-6,9,13-14,17H,7-8H2,1-4H3. The molecule has 0 amide bonds. The molecule has 0 bridgehead atoms. The summed E-state index contributed by atoms with van der Waals surface area (Å²) >= 11 is 6.22. The number of aryl methyl sites for hydroxylation is 1. The normalized spacial score (nSPS) is 26.3. The smallest absolute Gasteiger partial charge is 0.138 e. The third-order valence-electron chi connectivity index (χ3n) is 3.96. The molecule has 0 heterocycles. The number of likely N-dealkylation sites (N-methyl/N-ethyl adjacent to an activating group) is 1. The van der Waals surface area contributed by atoms with Gasteiger partial charge in [0.05, 0.1) is 5.02 Å². The van der Waals surface area contributed by atoms with Crippen LogP contribution in [0.4, 0.5) is 0 Å². The van der Waals surface area contributed by atoms with Crippen LogP contribution in [0.3, 0.4) is 0 Å². The lowest BCUT2D eigenvalue weighted by Crippen LogP contribution is -2.44. The van der Waals surface area contributed by atoms with Crippen LogP contribution in [0.5, 0.6) is 5.75 Å². The lowest BCUT2D eigenvalue weighted by atomic mass is 9.87. The van der Waals surface area contributed by atoms with E-state index in [9.17, 15) is 0 Å². The third-order valence-corrected chi connectivity index (χ3v) is 4.26. The van der Waals surface area contributed by atoms with Gasteiger partial charge in [-0.05, 0) is 49.9 Å². The van der Waals surface area contributed by atoms with Gasteiger partial charge >= 0.3 is 0 Å². The van der Waals surface area contributed by atoms with Gasteiger partial charge in [-0.1, -0.05) is 31.5 Å². The van der Waals surface area contributed by atoms with Crippen LogP contribution in [0.25, 0.3) is 0 Å². The van der Waals surface area contributed by atoms with Crippen molar-refractivity contribution in [3.05, 3.63) is 28.8 Å². The number of hydrogen-bond acceptors (Lipinski definition) is 2. The molecular weight excluding hydrogens is 246 g/mol. The second-order valence-corrected chi connectivity index (χ2v) is 6.29. The van der Waals surface area contributed by atoms with E-state index in [0.717, 1.165) is 17.7 Å². The molecule has 0 saturated heterocycles. The van der Waals surface area contributed by atoms with Crippen molar-refractivity contribution in [2.75, 3.05) is 7.05 Å². The first-order chi connectivity index (χ1) is 8.44. The maximum atomic E-state index is 6.22. The third kappa shape index (κ3) is 2.65. The summed E-state index contributed by atoms with van der Waals surface area (Å²) in [5.41, 5.74) is 1.43. The van der Waals surface area contributed by atoms with E-state index in [1.807, 2.05) is 32.2 Å². The zero-order valence-corrected chi connectivity index (χ0v) is 12.3. The van der Waals surface area contributed by atoms with E-state index >= 15 is 0 Å². The number of benzene rings is 1. The molecule has 100 valence electrons. The highest BCUT2D eigenvalue weighted by Crippen LogP contribution is 2.40. The van der Waals surface area contributed by atoms with Crippen molar-refractivity contribution in [2.24, 2.45) is 5.41 Å². The Hall–Kier alpha value is -0.730. The van der Waals surface area contributed by atoms with Crippen LogP contribution in [0.1, 0.15) is 32.3 Å². The zero-order valence-electron chi connectivity index (χ0n) is 11.6. The lowest BCUT2D eigenvalue weighted by Gasteiger charge is -2.30. The van der Waals surface area contributed by atoms with Crippen molar-refractivity contribution in [1.82, 2.24) is 5.32 Å². The summed E-state index contributed by atoms with van der Waals surface area (Å²) in [5, 5.41) is 4.09. The molecule has 1 fully saturated rings. The first-order valence-electron chi connectivity index (χ1n) is 6.54. The van der Waals surface area contributed by atoms with Gasteiger partial charge in [0, 0.05) is 6.04 Å². The molecule has 1 aliphatic carbocycles. The van der Waals surface area contributed by atoms with Gasteiger partial charge in [0.25, 0.3) is 0 Å². The highest BCUT2D eigenvalue weighted by atomic mass is 35.5. The minimum absolute atomic E-state index is 0.199. The van der Waals surface area contributed by atoms with Gasteiger partial charge in [0.15, 0.2) is 0 Å². The Morgan fingerprint density at radius 1 is 1.39 bits per heavy atom. The topological polar surface area (TPSA) is 21.3 Å². The summed E-state index contributed by atoms with van der Waals surface area (Å²) in [7, 11) is 2.00. The molecule has 1 saturated carbocycles. The minimum atomic E-state index is 0.199. The number of rotatable bonds is 3. The van der Waals surface area contributed by atoms with E-state index in [1.165, 1.54) is 6.42 Å². The van der Waals surface area contributed by atoms with Crippen LogP contribution in [0.15, 0.2) is 18.2 Å². The molecule has 0 radical (unpaired) electrons. The lowest BCUT2D eigenvalue weighted by molar-refractivity contribution is 0.146. The first kappa shape index (κ1) is 13.7. The molecule has 2 atom stereocenters. The fraction of sp³-hybridized carbons (Fsp3) is 0.600. The Labute approximate surface area is 115 Å². The molecule has 0 spiro atoms. The van der Waals surface area contributed by atoms with Crippen LogP contribution in [-0.2, 0) is 0 Å². The Bertz CT molecular complexity index is 431. The zero-order chi connectivity index (χ0) is 13.3. The molecule has 1 aliphatic rings. The Morgan fingerprint density at radius 3 is 2.72 bits per heavy atom. The average molecular weight is 268 g/mol. The Balaban J connectivity index is 2.14. The van der Waals surface area contributed by atoms with Crippen LogP contribution >= 0.6 is 11.6 Å². The van der Waals surface area contributed by atoms with Crippen LogP contribution in [0.2, 0.25) is 5.02 Å². The predicted molar refractivity (Wildman–Crippen MR) is 76.5 cm³/mol. The van der Waals surface area contributed by atoms with Crippen LogP contribution in [-0.4, -0.2) is 19.2 Å². The second kappa shape index (κ2) is 5.10. The van der Waals surface area contributed by atoms with Crippen LogP contribution in [0, 0.1) is 12.3 Å². The molecule has 2 nitrogen and oxygen atoms in total. The average Bonchev–Trinajstić information content (AvgIpc) is 2.57. The number of hydrogen-bond donors (Lipinski definition) is 1. The molecule has 1 aromatic rings. The molecule has 3 heteroatoms. The molecule has 0 aromatic heterocycles. The summed E-state index contributed by atoms with van der Waals surface area (Å²) < 4.78 is 6.11. The summed E-state index contributed by atoms with van der Waals surface area (Å²) in [6.45, 7) is 6.60. The van der Waals surface area contributed by atoms with E-state index in [2.05, 4.69) is 19.2 Å². The fourth-order valence-corrected chi connectivity index (χ4v) is 3.19. The van der Waals surface area contributed by atoms with E-state index in [4.69, 9.17) is 16.3 Å². The van der Waals surface area contributed by atoms with Crippen molar-refractivity contribution in [3.63, 3.8) is 0 Å². The van der Waals surface area contributed by atoms with E-state index in [0.29, 0.717) is 11.1 Å². The second-order valence-electron chi connectivity index (χ2n) is 5.88. The van der Waals surface area contributed by atoms with Crippen molar-refractivity contribution < 1.29 is 4.74 Å². The molecule has 1 N–H and O–H groups in total. The van der Waals surface area contributed by atoms with Gasteiger partial charge < -0.3 is 10.1 Å². The van der Waals surface area contributed by atoms with E-state index in [-0.39, 0.29) is 11.5 Å². The number of halogens is 1. The molecular formula is C15H22ClNO. The highest BCUT2D eigenvalue weighted by Gasteiger charge is 2.42. The quantitative estimate of drug-likeness (QED) is 0.899. The van der Waals surface area contributed by atoms with E-state index in [1.54, 1.807) is 0 Å². The first-order valence-corrected chi connectivity index (χ1v) is 6.92. The highest BCUT2D eigenvalue weighted by molar-refractivity contribution is 6.32. The van der Waals surface area contributed by atoms with Crippen molar-refractivity contribution in [1.29, 1.82) is 0 Å². The van der Waals surface area contributed by atoms with Gasteiger partial charge in [-0.3, -0.25) is 0 Å². The minimum Gasteiger partial charge on any atom is -0.487 e. The summed E-state index contributed by atoms with van der Waals surface area (Å²) in [6, 6.07) is 6.33. The van der Waals surface area contributed by atoms with Gasteiger partial charge in [-0.2, -0.15) is 0 Å². The summed E-state index contributed by atoms with van der Waals surface area (Å²) in [4.78, 5) is 0. The number of nitrogens with one attached hydrogen (secondary N) is 1. The van der Waals surface area contributed by atoms with Gasteiger partial charge in [-0.15, -0.1) is 0 Å². The van der Waals surface area contributed by atoms with Crippen molar-refractivity contribution in [3.8, 4) is 5.75 Å². The molecule has 1 aromatic carbocycles. The molecule has 2 unspecified atom stereocenters. The molecule has 0 aliphatic heterocycles. The molecule has 18 heavy (non-hydrogen) atoms. The summed E-state index contributed by atoms with van der Waals surface area (Å²) in [5.74, 6) is 0.796. The predicted octanol–water partition coefficient (Wildman–Crippen LogP) is 3.80. The monoisotopic (exact) mass is 267 g/mol. The largest absolute Gasteiger partial charge is 0.487 e. The van der Waals surface area contributed by atoms with Crippen molar-refractivity contribution in [2.45, 2.75) is 45.8 Å². The fourth-order valence-electron chi connectivity index (χ4n) is 2.91. The van der Waals surface area contributed by atoms with Gasteiger partial charge in [0.2, 0.25) is 0 Å².